The number of Topliss-reactive ketones (excluding diaryl/α,β-unsaturated/α-hetero) is 1. The molecule has 2 aliphatic rings. The summed E-state index contributed by atoms with van der Waals surface area (Å²) in [6.07, 6.45) is 2.80. The van der Waals surface area contributed by atoms with Crippen molar-refractivity contribution in [2.24, 2.45) is 5.92 Å². The third-order valence-corrected chi connectivity index (χ3v) is 5.68. The summed E-state index contributed by atoms with van der Waals surface area (Å²) in [7, 11) is 1.25. The van der Waals surface area contributed by atoms with Gasteiger partial charge in [-0.15, -0.1) is 0 Å². The number of hydrogen-bond donors (Lipinski definition) is 2. The number of nitrogens with zero attached hydrogens (tertiary/aromatic N) is 1. The van der Waals surface area contributed by atoms with Crippen LogP contribution in [0.1, 0.15) is 44.1 Å². The van der Waals surface area contributed by atoms with Gasteiger partial charge in [0, 0.05) is 18.9 Å². The van der Waals surface area contributed by atoms with Crippen LogP contribution in [0.15, 0.2) is 30.3 Å². The van der Waals surface area contributed by atoms with E-state index in [-0.39, 0.29) is 24.7 Å². The Balaban J connectivity index is 1.53. The molecule has 2 fully saturated rings. The third-order valence-electron chi connectivity index (χ3n) is 5.68. The molecule has 1 aromatic rings. The maximum Gasteiger partial charge on any atom is 0.424 e. The van der Waals surface area contributed by atoms with Crippen LogP contribution in [0, 0.1) is 5.92 Å². The molecule has 9 nitrogen and oxygen atoms in total. The lowest BCUT2D eigenvalue weighted by Gasteiger charge is -2.33. The zero-order valence-electron chi connectivity index (χ0n) is 17.7. The Morgan fingerprint density at radius 3 is 2.65 bits per heavy atom. The number of carbonyl (C=O) groups is 4. The normalized spacial score (nSPS) is 22.0. The monoisotopic (exact) mass is 431 g/mol. The van der Waals surface area contributed by atoms with Crippen molar-refractivity contribution in [2.45, 2.75) is 57.2 Å². The second-order valence-electron chi connectivity index (χ2n) is 7.89. The highest BCUT2D eigenvalue weighted by molar-refractivity contribution is 5.89. The van der Waals surface area contributed by atoms with Gasteiger partial charge in [0.25, 0.3) is 0 Å². The summed E-state index contributed by atoms with van der Waals surface area (Å²) in [4.78, 5) is 49.3. The van der Waals surface area contributed by atoms with Gasteiger partial charge in [-0.05, 0) is 37.7 Å². The maximum absolute atomic E-state index is 12.8. The van der Waals surface area contributed by atoms with Crippen molar-refractivity contribution in [1.29, 1.82) is 0 Å². The molecule has 1 aromatic carbocycles. The van der Waals surface area contributed by atoms with Gasteiger partial charge in [0.2, 0.25) is 5.91 Å². The zero-order valence-corrected chi connectivity index (χ0v) is 17.7. The van der Waals surface area contributed by atoms with Crippen molar-refractivity contribution in [2.75, 3.05) is 13.7 Å². The molecule has 0 spiro atoms. The number of rotatable bonds is 7. The van der Waals surface area contributed by atoms with Crippen molar-refractivity contribution >= 4 is 23.8 Å². The van der Waals surface area contributed by atoms with E-state index in [2.05, 4.69) is 10.7 Å². The molecule has 2 amide bonds. The van der Waals surface area contributed by atoms with Crippen LogP contribution in [0.5, 0.6) is 0 Å². The van der Waals surface area contributed by atoms with E-state index in [1.165, 1.54) is 12.1 Å². The molecule has 3 rings (SSSR count). The standard InChI is InChI=1S/C22H29N3O6/c1-30-21(28)18(13-16-9-5-11-19(16)26)23-20(27)17-10-6-12-25(24-17)22(29)31-14-15-7-3-2-4-8-15/h2-4,7-8,16-18,24H,5-6,9-14H2,1H3,(H,23,27)/t16-,17-,18-/m0/s1. The van der Waals surface area contributed by atoms with Crippen molar-refractivity contribution in [3.05, 3.63) is 35.9 Å². The predicted octanol–water partition coefficient (Wildman–Crippen LogP) is 1.71. The molecule has 0 unspecified atom stereocenters. The lowest BCUT2D eigenvalue weighted by Crippen LogP contribution is -2.59. The Bertz CT molecular complexity index is 800. The minimum Gasteiger partial charge on any atom is -0.467 e. The van der Waals surface area contributed by atoms with Crippen LogP contribution in [0.4, 0.5) is 4.79 Å². The van der Waals surface area contributed by atoms with E-state index in [1.54, 1.807) is 0 Å². The molecule has 9 heteroatoms. The topological polar surface area (TPSA) is 114 Å². The number of ether oxygens (including phenoxy) is 2. The minimum absolute atomic E-state index is 0.117. The Hall–Kier alpha value is -2.94. The molecular weight excluding hydrogens is 402 g/mol. The number of benzene rings is 1. The van der Waals surface area contributed by atoms with E-state index in [0.717, 1.165) is 12.0 Å². The van der Waals surface area contributed by atoms with Crippen molar-refractivity contribution < 1.29 is 28.7 Å². The molecule has 1 heterocycles. The van der Waals surface area contributed by atoms with E-state index in [1.807, 2.05) is 30.3 Å². The van der Waals surface area contributed by atoms with E-state index >= 15 is 0 Å². The molecule has 31 heavy (non-hydrogen) atoms. The number of hydrazine groups is 1. The average molecular weight is 431 g/mol. The van der Waals surface area contributed by atoms with E-state index < -0.39 is 30.1 Å². The second-order valence-corrected chi connectivity index (χ2v) is 7.89. The van der Waals surface area contributed by atoms with Crippen LogP contribution in [-0.2, 0) is 30.5 Å². The lowest BCUT2D eigenvalue weighted by atomic mass is 9.97. The molecule has 2 N–H and O–H groups in total. The molecule has 168 valence electrons. The van der Waals surface area contributed by atoms with Gasteiger partial charge >= 0.3 is 12.1 Å². The van der Waals surface area contributed by atoms with Gasteiger partial charge in [-0.25, -0.2) is 20.0 Å². The van der Waals surface area contributed by atoms with Crippen LogP contribution in [0.25, 0.3) is 0 Å². The van der Waals surface area contributed by atoms with Crippen LogP contribution >= 0.6 is 0 Å². The van der Waals surface area contributed by atoms with E-state index in [4.69, 9.17) is 9.47 Å². The van der Waals surface area contributed by atoms with Gasteiger partial charge in [0.15, 0.2) is 0 Å². The van der Waals surface area contributed by atoms with Gasteiger partial charge < -0.3 is 14.8 Å². The first kappa shape index (κ1) is 22.7. The summed E-state index contributed by atoms with van der Waals surface area (Å²) in [6, 6.07) is 7.73. The zero-order chi connectivity index (χ0) is 22.2. The Kier molecular flexibility index (Phi) is 8.00. The molecule has 3 atom stereocenters. The smallest absolute Gasteiger partial charge is 0.424 e. The summed E-state index contributed by atoms with van der Waals surface area (Å²) in [6.45, 7) is 0.545. The largest absolute Gasteiger partial charge is 0.467 e. The van der Waals surface area contributed by atoms with Gasteiger partial charge in [-0.2, -0.15) is 0 Å². The highest BCUT2D eigenvalue weighted by atomic mass is 16.6. The van der Waals surface area contributed by atoms with Gasteiger partial charge in [-0.1, -0.05) is 30.3 Å². The Morgan fingerprint density at radius 2 is 1.97 bits per heavy atom. The SMILES string of the molecule is COC(=O)[C@H](C[C@@H]1CCCC1=O)NC(=O)[C@@H]1CCCN(C(=O)OCc2ccccc2)N1. The quantitative estimate of drug-likeness (QED) is 0.632. The van der Waals surface area contributed by atoms with Crippen LogP contribution in [0.3, 0.4) is 0 Å². The second kappa shape index (κ2) is 10.9. The van der Waals surface area contributed by atoms with Crippen LogP contribution in [-0.4, -0.2) is 54.5 Å². The highest BCUT2D eigenvalue weighted by Gasteiger charge is 2.35. The summed E-state index contributed by atoms with van der Waals surface area (Å²) in [5.41, 5.74) is 3.75. The average Bonchev–Trinajstić information content (AvgIpc) is 3.21. The van der Waals surface area contributed by atoms with Gasteiger partial charge in [0.1, 0.15) is 24.5 Å². The molecule has 1 saturated carbocycles. The fourth-order valence-electron chi connectivity index (χ4n) is 3.95. The minimum atomic E-state index is -0.897. The number of amides is 2. The number of carbonyl (C=O) groups excluding carboxylic acids is 4. The molecule has 0 radical (unpaired) electrons. The fraction of sp³-hybridized carbons (Fsp3) is 0.545. The highest BCUT2D eigenvalue weighted by Crippen LogP contribution is 2.26. The molecule has 0 aromatic heterocycles. The first-order valence-electron chi connectivity index (χ1n) is 10.6. The number of hydrogen-bond acceptors (Lipinski definition) is 7. The third kappa shape index (κ3) is 6.27. The van der Waals surface area contributed by atoms with Crippen LogP contribution in [0.2, 0.25) is 0 Å². The molecule has 1 aliphatic heterocycles. The summed E-state index contributed by atoms with van der Waals surface area (Å²) < 4.78 is 10.1. The Labute approximate surface area is 181 Å². The summed E-state index contributed by atoms with van der Waals surface area (Å²) in [5, 5.41) is 3.98. The summed E-state index contributed by atoms with van der Waals surface area (Å²) >= 11 is 0. The number of nitrogens with one attached hydrogen (secondary N) is 2. The lowest BCUT2D eigenvalue weighted by molar-refractivity contribution is -0.146. The molecular formula is C22H29N3O6. The first-order valence-corrected chi connectivity index (χ1v) is 10.6. The Morgan fingerprint density at radius 1 is 1.19 bits per heavy atom. The maximum atomic E-state index is 12.8. The number of methoxy groups -OCH3 is 1. The fourth-order valence-corrected chi connectivity index (χ4v) is 3.95. The van der Waals surface area contributed by atoms with Gasteiger partial charge in [-0.3, -0.25) is 9.59 Å². The molecule has 1 aliphatic carbocycles. The molecule has 0 bridgehead atoms. The van der Waals surface area contributed by atoms with Crippen molar-refractivity contribution in [1.82, 2.24) is 15.8 Å². The van der Waals surface area contributed by atoms with Crippen molar-refractivity contribution in [3.8, 4) is 0 Å². The van der Waals surface area contributed by atoms with E-state index in [9.17, 15) is 19.2 Å². The van der Waals surface area contributed by atoms with Crippen LogP contribution < -0.4 is 10.7 Å². The number of ketones is 1. The predicted molar refractivity (Wildman–Crippen MR) is 110 cm³/mol. The van der Waals surface area contributed by atoms with Gasteiger partial charge in [0.05, 0.1) is 7.11 Å². The summed E-state index contributed by atoms with van der Waals surface area (Å²) in [5.74, 6) is -1.12. The number of esters is 1. The molecule has 1 saturated heterocycles. The first-order chi connectivity index (χ1) is 15.0. The van der Waals surface area contributed by atoms with Crippen molar-refractivity contribution in [3.63, 3.8) is 0 Å². The van der Waals surface area contributed by atoms with E-state index in [0.29, 0.717) is 32.2 Å².